The summed E-state index contributed by atoms with van der Waals surface area (Å²) in [6, 6.07) is 8.91. The lowest BCUT2D eigenvalue weighted by Crippen LogP contribution is -2.60. The first-order chi connectivity index (χ1) is 27.3. The number of hydrogen-bond donors (Lipinski definition) is 4. The van der Waals surface area contributed by atoms with Gasteiger partial charge >= 0.3 is 5.97 Å². The molecule has 2 bridgehead atoms. The summed E-state index contributed by atoms with van der Waals surface area (Å²) in [5.74, 6) is -3.20. The van der Waals surface area contributed by atoms with Crippen molar-refractivity contribution in [1.29, 1.82) is 0 Å². The Morgan fingerprint density at radius 3 is 2.53 bits per heavy atom. The van der Waals surface area contributed by atoms with Crippen LogP contribution in [0.4, 0.5) is 5.82 Å². The maximum atomic E-state index is 14.4. The summed E-state index contributed by atoms with van der Waals surface area (Å²) >= 11 is 1.51. The summed E-state index contributed by atoms with van der Waals surface area (Å²) in [7, 11) is 3.78. The molecule has 58 heavy (non-hydrogen) atoms. The van der Waals surface area contributed by atoms with E-state index >= 15 is 0 Å². The first-order valence-corrected chi connectivity index (χ1v) is 21.3. The lowest BCUT2D eigenvalue weighted by molar-refractivity contribution is -0.296. The molecule has 324 valence electrons. The van der Waals surface area contributed by atoms with E-state index in [2.05, 4.69) is 15.5 Å². The molecule has 13 atom stereocenters. The van der Waals surface area contributed by atoms with Gasteiger partial charge in [-0.25, -0.2) is 4.98 Å². The van der Waals surface area contributed by atoms with Crippen LogP contribution in [-0.4, -0.2) is 132 Å². The zero-order valence-corrected chi connectivity index (χ0v) is 36.5. The maximum absolute atomic E-state index is 14.4. The Labute approximate surface area is 346 Å². The number of oxime groups is 1. The Hall–Kier alpha value is -3.06. The molecular formula is C42H65N5O10S. The number of nitrogen functional groups attached to an aromatic ring is 1. The van der Waals surface area contributed by atoms with Crippen molar-refractivity contribution in [3.63, 3.8) is 0 Å². The van der Waals surface area contributed by atoms with Crippen LogP contribution >= 0.6 is 11.3 Å². The number of nitrogens with zero attached hydrogens (tertiary/aromatic N) is 3. The standard InChI is InChI=1S/C42H65N5O10S/c1-11-33-42(8,51)37-23(2)19-44-24(3)18-41(7,53-21-28(20-52-37)46-54-22-29-15-16-32(58-29)30-13-12-14-34(43)45-30)38(26(5)35(48)27(6)39(50)56-33)57-40-36(49)31(47(9)10)17-25(4)55-40/h12-16,23-27,31,33,36-38,40,44,49,51H,11,17-22H2,1-10H3,(H2,43,45)/b46-28+/t23-,24+,25+,26-,27+,31-,33+,36+,37-,38+,40-,41+,42+/m0/s1. The fraction of sp³-hybridized carbons (Fsp3) is 0.714. The minimum atomic E-state index is -1.67. The Bertz CT molecular complexity index is 1720. The van der Waals surface area contributed by atoms with Crippen molar-refractivity contribution >= 4 is 34.6 Å². The van der Waals surface area contributed by atoms with Gasteiger partial charge in [0.05, 0.1) is 47.7 Å². The van der Waals surface area contributed by atoms with Gasteiger partial charge in [-0.2, -0.15) is 0 Å². The first kappa shape index (κ1) is 46.0. The number of fused-ring (bicyclic) bond motifs is 15. The predicted octanol–water partition coefficient (Wildman–Crippen LogP) is 4.18. The van der Waals surface area contributed by atoms with Gasteiger partial charge in [0.15, 0.2) is 18.7 Å². The van der Waals surface area contributed by atoms with E-state index < -0.39 is 65.5 Å². The lowest BCUT2D eigenvalue weighted by Gasteiger charge is -2.47. The smallest absolute Gasteiger partial charge is 0.316 e. The molecule has 5 N–H and O–H groups in total. The number of ketones is 1. The van der Waals surface area contributed by atoms with Gasteiger partial charge < -0.3 is 54.7 Å². The third kappa shape index (κ3) is 10.8. The van der Waals surface area contributed by atoms with Crippen molar-refractivity contribution in [2.45, 2.75) is 141 Å². The summed E-state index contributed by atoms with van der Waals surface area (Å²) in [5.41, 5.74) is 4.16. The van der Waals surface area contributed by atoms with Crippen LogP contribution in [0.1, 0.15) is 79.5 Å². The van der Waals surface area contributed by atoms with Gasteiger partial charge in [-0.3, -0.25) is 9.59 Å². The number of aliphatic hydroxyl groups excluding tert-OH is 1. The average molecular weight is 832 g/mol. The topological polar surface area (TPSA) is 197 Å². The highest BCUT2D eigenvalue weighted by Gasteiger charge is 2.51. The van der Waals surface area contributed by atoms with Gasteiger partial charge in [0.1, 0.15) is 35.3 Å². The summed E-state index contributed by atoms with van der Waals surface area (Å²) in [5, 5.41) is 32.0. The minimum Gasteiger partial charge on any atom is -0.459 e. The van der Waals surface area contributed by atoms with E-state index in [1.54, 1.807) is 19.9 Å². The highest BCUT2D eigenvalue weighted by molar-refractivity contribution is 7.15. The molecule has 0 aromatic carbocycles. The van der Waals surface area contributed by atoms with Crippen molar-refractivity contribution in [3.8, 4) is 10.6 Å². The summed E-state index contributed by atoms with van der Waals surface area (Å²) in [6.45, 7) is 14.8. The summed E-state index contributed by atoms with van der Waals surface area (Å²) in [6.07, 6.45) is -4.09. The number of thiophene rings is 1. The Morgan fingerprint density at radius 2 is 1.84 bits per heavy atom. The maximum Gasteiger partial charge on any atom is 0.316 e. The normalized spacial score (nSPS) is 38.0. The Kier molecular flexibility index (Phi) is 15.5. The molecule has 0 unspecified atom stereocenters. The van der Waals surface area contributed by atoms with Crippen LogP contribution in [-0.2, 0) is 44.7 Å². The predicted molar refractivity (Wildman–Crippen MR) is 221 cm³/mol. The number of aliphatic hydroxyl groups is 2. The van der Waals surface area contributed by atoms with Crippen LogP contribution in [0.25, 0.3) is 10.6 Å². The van der Waals surface area contributed by atoms with Crippen LogP contribution in [0.5, 0.6) is 0 Å². The van der Waals surface area contributed by atoms with Gasteiger partial charge in [0.25, 0.3) is 0 Å². The molecule has 6 rings (SSSR count). The number of Topliss-reactive ketones (excluding diaryl/α,β-unsaturated/α-hetero) is 1. The van der Waals surface area contributed by atoms with E-state index in [9.17, 15) is 19.8 Å². The zero-order chi connectivity index (χ0) is 42.5. The molecule has 4 saturated heterocycles. The van der Waals surface area contributed by atoms with Crippen molar-refractivity contribution in [2.75, 3.05) is 39.6 Å². The highest BCUT2D eigenvalue weighted by Crippen LogP contribution is 2.37. The second-order valence-corrected chi connectivity index (χ2v) is 18.2. The molecule has 0 amide bonds. The highest BCUT2D eigenvalue weighted by atomic mass is 32.1. The number of ether oxygens (including phenoxy) is 5. The molecular weight excluding hydrogens is 767 g/mol. The number of hydrogen-bond acceptors (Lipinski definition) is 16. The number of nitrogens with two attached hydrogens (primary N) is 1. The number of pyridine rings is 1. The van der Waals surface area contributed by atoms with Crippen molar-refractivity contribution < 1.29 is 48.3 Å². The number of carbonyl (C=O) groups excluding carboxylic acids is 2. The van der Waals surface area contributed by atoms with Crippen molar-refractivity contribution in [2.24, 2.45) is 22.9 Å². The molecule has 0 spiro atoms. The molecule has 0 saturated carbocycles. The quantitative estimate of drug-likeness (QED) is 0.168. The number of likely N-dealkylation sites (N-methyl/N-ethyl adjacent to an activating group) is 1. The largest absolute Gasteiger partial charge is 0.459 e. The van der Waals surface area contributed by atoms with E-state index in [0.29, 0.717) is 30.9 Å². The number of anilines is 1. The van der Waals surface area contributed by atoms with E-state index in [0.717, 1.165) is 15.4 Å². The first-order valence-electron chi connectivity index (χ1n) is 20.4. The van der Waals surface area contributed by atoms with E-state index in [1.165, 1.54) is 18.3 Å². The van der Waals surface area contributed by atoms with Crippen LogP contribution in [0, 0.1) is 17.8 Å². The van der Waals surface area contributed by atoms with Crippen LogP contribution in [0.15, 0.2) is 35.5 Å². The summed E-state index contributed by atoms with van der Waals surface area (Å²) in [4.78, 5) is 42.4. The number of carbonyl (C=O) groups is 2. The van der Waals surface area contributed by atoms with Crippen molar-refractivity contribution in [3.05, 3.63) is 35.2 Å². The molecule has 15 nitrogen and oxygen atoms in total. The van der Waals surface area contributed by atoms with Crippen LogP contribution in [0.2, 0.25) is 0 Å². The Morgan fingerprint density at radius 1 is 1.10 bits per heavy atom. The summed E-state index contributed by atoms with van der Waals surface area (Å²) < 4.78 is 32.4. The number of nitrogens with one attached hydrogen (secondary N) is 1. The van der Waals surface area contributed by atoms with E-state index in [-0.39, 0.29) is 50.3 Å². The second-order valence-electron chi connectivity index (χ2n) is 17.1. The molecule has 2 aromatic rings. The molecule has 4 aliphatic heterocycles. The fourth-order valence-electron chi connectivity index (χ4n) is 8.53. The number of esters is 1. The molecule has 16 heteroatoms. The van der Waals surface area contributed by atoms with Crippen LogP contribution < -0.4 is 11.1 Å². The Balaban J connectivity index is 1.56. The van der Waals surface area contributed by atoms with Gasteiger partial charge in [-0.05, 0) is 98.2 Å². The van der Waals surface area contributed by atoms with Gasteiger partial charge in [-0.15, -0.1) is 11.3 Å². The third-order valence-corrected chi connectivity index (χ3v) is 12.9. The van der Waals surface area contributed by atoms with Crippen molar-refractivity contribution in [1.82, 2.24) is 15.2 Å². The fourth-order valence-corrected chi connectivity index (χ4v) is 9.41. The van der Waals surface area contributed by atoms with Gasteiger partial charge in [0.2, 0.25) is 0 Å². The lowest BCUT2D eigenvalue weighted by atomic mass is 9.79. The second kappa shape index (κ2) is 19.5. The van der Waals surface area contributed by atoms with Gasteiger partial charge in [0, 0.05) is 29.4 Å². The van der Waals surface area contributed by atoms with Gasteiger partial charge in [-0.1, -0.05) is 32.0 Å². The minimum absolute atomic E-state index is 0.0903. The SMILES string of the molecule is CC[C@H]1OC(=O)[C@H](C)C(=O)[C@H](C)[C@@H](O[C@@H]2O[C@H](C)C[C@H](N(C)C)[C@H]2O)[C@@]2(C)C[C@@H](C)NC[C@H](C)[C@H](OC/C(=N\OCc3ccc(-c4cccc(N)n4)s3)CO2)[C@]1(C)O. The molecule has 4 aliphatic rings. The van der Waals surface area contributed by atoms with Crippen LogP contribution in [0.3, 0.4) is 0 Å². The molecule has 0 radical (unpaired) electrons. The molecule has 4 fully saturated rings. The zero-order valence-electron chi connectivity index (χ0n) is 35.7. The van der Waals surface area contributed by atoms with E-state index in [4.69, 9.17) is 34.3 Å². The number of rotatable bonds is 8. The third-order valence-electron chi connectivity index (χ3n) is 11.8. The molecule has 6 heterocycles. The monoisotopic (exact) mass is 831 g/mol. The van der Waals surface area contributed by atoms with E-state index in [1.807, 2.05) is 77.9 Å². The number of aromatic nitrogens is 1. The molecule has 2 aromatic heterocycles. The molecule has 0 aliphatic carbocycles. The average Bonchev–Trinajstić information content (AvgIpc) is 3.65.